The first-order valence-electron chi connectivity index (χ1n) is 5.51. The Balaban J connectivity index is 2.16. The van der Waals surface area contributed by atoms with Gasteiger partial charge in [-0.2, -0.15) is 0 Å². The summed E-state index contributed by atoms with van der Waals surface area (Å²) in [6, 6.07) is 2.49. The first kappa shape index (κ1) is 12.5. The first-order valence-corrected chi connectivity index (χ1v) is 5.51. The molecule has 1 unspecified atom stereocenters. The van der Waals surface area contributed by atoms with Crippen molar-refractivity contribution in [1.29, 1.82) is 0 Å². The summed E-state index contributed by atoms with van der Waals surface area (Å²) in [6.07, 6.45) is 0. The Morgan fingerprint density at radius 1 is 1.39 bits per heavy atom. The number of rotatable bonds is 2. The van der Waals surface area contributed by atoms with Crippen LogP contribution in [0.15, 0.2) is 18.2 Å². The van der Waals surface area contributed by atoms with Gasteiger partial charge in [0.2, 0.25) is 5.91 Å². The molecule has 3 amide bonds. The van der Waals surface area contributed by atoms with Gasteiger partial charge < -0.3 is 4.90 Å². The third kappa shape index (κ3) is 2.47. The summed E-state index contributed by atoms with van der Waals surface area (Å²) < 4.78 is 26.4. The van der Waals surface area contributed by atoms with Gasteiger partial charge in [0, 0.05) is 12.1 Å². The van der Waals surface area contributed by atoms with E-state index in [9.17, 15) is 18.4 Å². The second kappa shape index (κ2) is 4.72. The van der Waals surface area contributed by atoms with Crippen LogP contribution in [0, 0.1) is 17.6 Å². The molecule has 0 spiro atoms. The van der Waals surface area contributed by atoms with E-state index in [0.717, 1.165) is 18.2 Å². The molecule has 1 aliphatic rings. The maximum Gasteiger partial charge on any atom is 0.324 e. The molecule has 18 heavy (non-hydrogen) atoms. The fourth-order valence-corrected chi connectivity index (χ4v) is 1.81. The molecule has 96 valence electrons. The van der Waals surface area contributed by atoms with Crippen molar-refractivity contribution in [3.8, 4) is 0 Å². The second-order valence-corrected chi connectivity index (χ2v) is 4.31. The molecule has 6 heteroatoms. The molecule has 1 fully saturated rings. The number of amides is 3. The van der Waals surface area contributed by atoms with Gasteiger partial charge in [0.15, 0.2) is 0 Å². The molecule has 1 aromatic rings. The molecular formula is C12H12F2N2O2. The standard InChI is InChI=1S/C12H12F2N2O2/c1-7-5-16(12(18)15-11(7)17)6-8-4-9(13)2-3-10(8)14/h2-4,7H,5-6H2,1H3,(H,15,17,18). The number of urea groups is 1. The number of benzene rings is 1. The van der Waals surface area contributed by atoms with Crippen molar-refractivity contribution in [2.75, 3.05) is 6.54 Å². The van der Waals surface area contributed by atoms with Gasteiger partial charge in [0.1, 0.15) is 11.6 Å². The molecule has 0 bridgehead atoms. The zero-order chi connectivity index (χ0) is 13.3. The SMILES string of the molecule is CC1CN(Cc2cc(F)ccc2F)C(=O)NC1=O. The van der Waals surface area contributed by atoms with Gasteiger partial charge >= 0.3 is 6.03 Å². The predicted octanol–water partition coefficient (Wildman–Crippen LogP) is 1.65. The van der Waals surface area contributed by atoms with E-state index in [1.165, 1.54) is 4.90 Å². The van der Waals surface area contributed by atoms with Crippen LogP contribution < -0.4 is 5.32 Å². The number of imide groups is 1. The van der Waals surface area contributed by atoms with E-state index in [4.69, 9.17) is 0 Å². The number of carbonyl (C=O) groups is 2. The third-order valence-corrected chi connectivity index (χ3v) is 2.83. The Morgan fingerprint density at radius 3 is 2.83 bits per heavy atom. The monoisotopic (exact) mass is 254 g/mol. The summed E-state index contributed by atoms with van der Waals surface area (Å²) in [4.78, 5) is 24.0. The summed E-state index contributed by atoms with van der Waals surface area (Å²) in [5.74, 6) is -1.85. The van der Waals surface area contributed by atoms with Crippen LogP contribution in [0.5, 0.6) is 0 Å². The van der Waals surface area contributed by atoms with Crippen molar-refractivity contribution >= 4 is 11.9 Å². The van der Waals surface area contributed by atoms with Crippen LogP contribution in [0.3, 0.4) is 0 Å². The normalized spacial score (nSPS) is 19.9. The minimum Gasteiger partial charge on any atom is -0.319 e. The van der Waals surface area contributed by atoms with E-state index in [-0.39, 0.29) is 30.5 Å². The molecule has 1 heterocycles. The van der Waals surface area contributed by atoms with Crippen molar-refractivity contribution in [3.05, 3.63) is 35.4 Å². The van der Waals surface area contributed by atoms with Crippen LogP contribution in [0.2, 0.25) is 0 Å². The smallest absolute Gasteiger partial charge is 0.319 e. The Hall–Kier alpha value is -1.98. The molecule has 1 N–H and O–H groups in total. The number of halogens is 2. The molecule has 1 aliphatic heterocycles. The predicted molar refractivity (Wildman–Crippen MR) is 59.5 cm³/mol. The van der Waals surface area contributed by atoms with Crippen molar-refractivity contribution in [2.24, 2.45) is 5.92 Å². The van der Waals surface area contributed by atoms with Gasteiger partial charge in [-0.15, -0.1) is 0 Å². The zero-order valence-corrected chi connectivity index (χ0v) is 9.74. The molecule has 4 nitrogen and oxygen atoms in total. The summed E-state index contributed by atoms with van der Waals surface area (Å²) >= 11 is 0. The van der Waals surface area contributed by atoms with Crippen LogP contribution in [0.4, 0.5) is 13.6 Å². The third-order valence-electron chi connectivity index (χ3n) is 2.83. The average molecular weight is 254 g/mol. The maximum absolute atomic E-state index is 13.4. The lowest BCUT2D eigenvalue weighted by Crippen LogP contribution is -2.53. The van der Waals surface area contributed by atoms with Crippen molar-refractivity contribution in [2.45, 2.75) is 13.5 Å². The molecule has 1 aromatic carbocycles. The molecular weight excluding hydrogens is 242 g/mol. The highest BCUT2D eigenvalue weighted by Gasteiger charge is 2.29. The molecule has 2 rings (SSSR count). The minimum atomic E-state index is -0.582. The Kier molecular flexibility index (Phi) is 3.27. The molecule has 0 radical (unpaired) electrons. The summed E-state index contributed by atoms with van der Waals surface area (Å²) in [5, 5.41) is 2.17. The molecule has 1 atom stereocenters. The molecule has 0 aromatic heterocycles. The van der Waals surface area contributed by atoms with E-state index < -0.39 is 17.7 Å². The summed E-state index contributed by atoms with van der Waals surface area (Å²) in [5.41, 5.74) is 0.0895. The maximum atomic E-state index is 13.4. The van der Waals surface area contributed by atoms with Gasteiger partial charge in [0.25, 0.3) is 0 Å². The van der Waals surface area contributed by atoms with Gasteiger partial charge in [-0.05, 0) is 18.2 Å². The molecule has 0 saturated carbocycles. The van der Waals surface area contributed by atoms with Crippen LogP contribution in [-0.2, 0) is 11.3 Å². The number of nitrogens with one attached hydrogen (secondary N) is 1. The van der Waals surface area contributed by atoms with Crippen LogP contribution in [0.1, 0.15) is 12.5 Å². The van der Waals surface area contributed by atoms with Crippen molar-refractivity contribution in [3.63, 3.8) is 0 Å². The highest BCUT2D eigenvalue weighted by Crippen LogP contribution is 2.15. The minimum absolute atomic E-state index is 0.0625. The number of carbonyl (C=O) groups excluding carboxylic acids is 2. The number of hydrogen-bond donors (Lipinski definition) is 1. The Morgan fingerprint density at radius 2 is 2.11 bits per heavy atom. The van der Waals surface area contributed by atoms with Gasteiger partial charge in [-0.25, -0.2) is 13.6 Å². The zero-order valence-electron chi connectivity index (χ0n) is 9.74. The highest BCUT2D eigenvalue weighted by atomic mass is 19.1. The Bertz CT molecular complexity index is 505. The number of hydrogen-bond acceptors (Lipinski definition) is 2. The lowest BCUT2D eigenvalue weighted by atomic mass is 10.1. The number of nitrogens with zero attached hydrogens (tertiary/aromatic N) is 1. The van der Waals surface area contributed by atoms with Crippen LogP contribution >= 0.6 is 0 Å². The Labute approximate surface area is 103 Å². The van der Waals surface area contributed by atoms with E-state index >= 15 is 0 Å². The quantitative estimate of drug-likeness (QED) is 0.872. The van der Waals surface area contributed by atoms with E-state index in [1.54, 1.807) is 6.92 Å². The summed E-state index contributed by atoms with van der Waals surface area (Å²) in [6.45, 7) is 1.80. The van der Waals surface area contributed by atoms with Gasteiger partial charge in [0.05, 0.1) is 12.5 Å². The van der Waals surface area contributed by atoms with Gasteiger partial charge in [-0.3, -0.25) is 10.1 Å². The molecule has 0 aliphatic carbocycles. The fourth-order valence-electron chi connectivity index (χ4n) is 1.81. The largest absolute Gasteiger partial charge is 0.324 e. The molecule has 1 saturated heterocycles. The fraction of sp³-hybridized carbons (Fsp3) is 0.333. The van der Waals surface area contributed by atoms with Crippen molar-refractivity contribution < 1.29 is 18.4 Å². The average Bonchev–Trinajstić information content (AvgIpc) is 2.30. The van der Waals surface area contributed by atoms with Crippen LogP contribution in [-0.4, -0.2) is 23.4 Å². The van der Waals surface area contributed by atoms with Crippen molar-refractivity contribution in [1.82, 2.24) is 10.2 Å². The van der Waals surface area contributed by atoms with E-state index in [1.807, 2.05) is 0 Å². The highest BCUT2D eigenvalue weighted by molar-refractivity contribution is 5.97. The van der Waals surface area contributed by atoms with Crippen LogP contribution in [0.25, 0.3) is 0 Å². The lowest BCUT2D eigenvalue weighted by Gasteiger charge is -2.30. The second-order valence-electron chi connectivity index (χ2n) is 4.31. The lowest BCUT2D eigenvalue weighted by molar-refractivity contribution is -0.125. The van der Waals surface area contributed by atoms with E-state index in [0.29, 0.717) is 0 Å². The first-order chi connectivity index (χ1) is 8.47. The van der Waals surface area contributed by atoms with E-state index in [2.05, 4.69) is 5.32 Å². The summed E-state index contributed by atoms with van der Waals surface area (Å²) in [7, 11) is 0. The van der Waals surface area contributed by atoms with Gasteiger partial charge in [-0.1, -0.05) is 6.92 Å². The topological polar surface area (TPSA) is 49.4 Å².